The van der Waals surface area contributed by atoms with E-state index < -0.39 is 0 Å². The zero-order chi connectivity index (χ0) is 22.9. The van der Waals surface area contributed by atoms with Crippen LogP contribution in [-0.4, -0.2) is 56.1 Å². The van der Waals surface area contributed by atoms with E-state index in [0.29, 0.717) is 12.3 Å². The first-order valence-corrected chi connectivity index (χ1v) is 11.3. The molecule has 1 saturated heterocycles. The summed E-state index contributed by atoms with van der Waals surface area (Å²) in [7, 11) is 0. The molecule has 1 aliphatic rings. The highest BCUT2D eigenvalue weighted by Crippen LogP contribution is 2.16. The molecule has 2 N–H and O–H groups in total. The first-order valence-electron chi connectivity index (χ1n) is 11.3. The number of carbonyl (C=O) groups is 2. The molecular weight excluding hydrogens is 418 g/mol. The van der Waals surface area contributed by atoms with E-state index in [1.807, 2.05) is 42.5 Å². The van der Waals surface area contributed by atoms with E-state index in [9.17, 15) is 9.59 Å². The molecule has 2 amide bonds. The monoisotopic (exact) mass is 447 g/mol. The predicted molar refractivity (Wildman–Crippen MR) is 127 cm³/mol. The molecule has 0 aliphatic carbocycles. The third-order valence-electron chi connectivity index (χ3n) is 5.57. The fourth-order valence-electron chi connectivity index (χ4n) is 3.83. The number of morpholine rings is 1. The van der Waals surface area contributed by atoms with Gasteiger partial charge in [0.05, 0.1) is 25.9 Å². The zero-order valence-corrected chi connectivity index (χ0v) is 18.6. The summed E-state index contributed by atoms with van der Waals surface area (Å²) in [4.78, 5) is 27.9. The van der Waals surface area contributed by atoms with Gasteiger partial charge < -0.3 is 19.8 Å². The SMILES string of the molecule is O=C(Cc1ccc2ccccc2c1)N/C(=C/c1ccco1)C(=O)NCCCN1CCOCC1. The summed E-state index contributed by atoms with van der Waals surface area (Å²) in [5.74, 6) is -0.0914. The van der Waals surface area contributed by atoms with Crippen LogP contribution in [0.5, 0.6) is 0 Å². The maximum Gasteiger partial charge on any atom is 0.267 e. The summed E-state index contributed by atoms with van der Waals surface area (Å²) < 4.78 is 10.7. The number of ether oxygens (including phenoxy) is 1. The van der Waals surface area contributed by atoms with Crippen molar-refractivity contribution in [1.29, 1.82) is 0 Å². The molecule has 7 heteroatoms. The summed E-state index contributed by atoms with van der Waals surface area (Å²) in [5.41, 5.74) is 1.05. The van der Waals surface area contributed by atoms with Crippen LogP contribution in [0.2, 0.25) is 0 Å². The molecule has 33 heavy (non-hydrogen) atoms. The van der Waals surface area contributed by atoms with Crippen LogP contribution in [-0.2, 0) is 20.7 Å². The molecule has 1 aromatic heterocycles. The smallest absolute Gasteiger partial charge is 0.267 e. The molecular formula is C26H29N3O4. The van der Waals surface area contributed by atoms with Crippen LogP contribution in [0.1, 0.15) is 17.7 Å². The minimum Gasteiger partial charge on any atom is -0.465 e. The fraction of sp³-hybridized carbons (Fsp3) is 0.308. The summed E-state index contributed by atoms with van der Waals surface area (Å²) >= 11 is 0. The lowest BCUT2D eigenvalue weighted by Crippen LogP contribution is -2.39. The van der Waals surface area contributed by atoms with Gasteiger partial charge in [0.25, 0.3) is 5.91 Å². The summed E-state index contributed by atoms with van der Waals surface area (Å²) in [6.07, 6.45) is 4.08. The molecule has 172 valence electrons. The Kier molecular flexibility index (Phi) is 7.90. The van der Waals surface area contributed by atoms with Gasteiger partial charge in [-0.3, -0.25) is 14.5 Å². The van der Waals surface area contributed by atoms with Gasteiger partial charge in [-0.2, -0.15) is 0 Å². The van der Waals surface area contributed by atoms with Crippen LogP contribution < -0.4 is 10.6 Å². The maximum absolute atomic E-state index is 12.8. The van der Waals surface area contributed by atoms with E-state index >= 15 is 0 Å². The van der Waals surface area contributed by atoms with Crippen molar-refractivity contribution in [2.75, 3.05) is 39.4 Å². The second kappa shape index (κ2) is 11.4. The summed E-state index contributed by atoms with van der Waals surface area (Å²) in [6, 6.07) is 17.4. The molecule has 0 saturated carbocycles. The molecule has 2 aromatic carbocycles. The van der Waals surface area contributed by atoms with E-state index in [1.165, 1.54) is 6.26 Å². The van der Waals surface area contributed by atoms with Crippen LogP contribution in [0.15, 0.2) is 71.0 Å². The van der Waals surface area contributed by atoms with E-state index in [0.717, 1.165) is 55.6 Å². The van der Waals surface area contributed by atoms with Gasteiger partial charge in [0.1, 0.15) is 11.5 Å². The molecule has 0 spiro atoms. The Hall–Kier alpha value is -3.42. The van der Waals surface area contributed by atoms with Gasteiger partial charge in [0.15, 0.2) is 0 Å². The van der Waals surface area contributed by atoms with Crippen molar-refractivity contribution in [1.82, 2.24) is 15.5 Å². The third-order valence-corrected chi connectivity index (χ3v) is 5.57. The molecule has 1 aliphatic heterocycles. The number of nitrogens with one attached hydrogen (secondary N) is 2. The second-order valence-corrected chi connectivity index (χ2v) is 8.04. The minimum absolute atomic E-state index is 0.169. The number of nitrogens with zero attached hydrogens (tertiary/aromatic N) is 1. The van der Waals surface area contributed by atoms with Gasteiger partial charge >= 0.3 is 0 Å². The molecule has 3 aromatic rings. The molecule has 2 heterocycles. The van der Waals surface area contributed by atoms with Gasteiger partial charge in [-0.05, 0) is 41.4 Å². The van der Waals surface area contributed by atoms with Crippen molar-refractivity contribution >= 4 is 28.7 Å². The van der Waals surface area contributed by atoms with Crippen molar-refractivity contribution in [3.05, 3.63) is 77.9 Å². The second-order valence-electron chi connectivity index (χ2n) is 8.04. The van der Waals surface area contributed by atoms with Crippen molar-refractivity contribution in [2.45, 2.75) is 12.8 Å². The highest BCUT2D eigenvalue weighted by Gasteiger charge is 2.15. The minimum atomic E-state index is -0.333. The number of benzene rings is 2. The quantitative estimate of drug-likeness (QED) is 0.389. The predicted octanol–water partition coefficient (Wildman–Crippen LogP) is 2.97. The maximum atomic E-state index is 12.8. The van der Waals surface area contributed by atoms with Crippen LogP contribution in [0.3, 0.4) is 0 Å². The first kappa shape index (κ1) is 22.8. The summed E-state index contributed by atoms with van der Waals surface area (Å²) in [6.45, 7) is 4.77. The van der Waals surface area contributed by atoms with Crippen LogP contribution in [0.25, 0.3) is 16.8 Å². The van der Waals surface area contributed by atoms with E-state index in [-0.39, 0.29) is 23.9 Å². The average molecular weight is 448 g/mol. The Bertz CT molecular complexity index is 1100. The lowest BCUT2D eigenvalue weighted by molar-refractivity contribution is -0.123. The largest absolute Gasteiger partial charge is 0.465 e. The van der Waals surface area contributed by atoms with Crippen LogP contribution in [0, 0.1) is 0 Å². The number of furan rings is 1. The molecule has 0 unspecified atom stereocenters. The Labute approximate surface area is 193 Å². The number of fused-ring (bicyclic) bond motifs is 1. The van der Waals surface area contributed by atoms with E-state index in [4.69, 9.17) is 9.15 Å². The molecule has 0 bridgehead atoms. The lowest BCUT2D eigenvalue weighted by Gasteiger charge is -2.26. The standard InChI is InChI=1S/C26H29N3O4/c30-25(18-20-8-9-21-5-1-2-6-22(21)17-20)28-24(19-23-7-3-14-33-23)26(31)27-10-4-11-29-12-15-32-16-13-29/h1-3,5-9,14,17,19H,4,10-13,15-16,18H2,(H,27,31)(H,28,30)/b24-19+. The van der Waals surface area contributed by atoms with Crippen molar-refractivity contribution < 1.29 is 18.7 Å². The topological polar surface area (TPSA) is 83.8 Å². The zero-order valence-electron chi connectivity index (χ0n) is 18.6. The number of carbonyl (C=O) groups excluding carboxylic acids is 2. The van der Waals surface area contributed by atoms with Gasteiger partial charge in [0.2, 0.25) is 5.91 Å². The van der Waals surface area contributed by atoms with Crippen molar-refractivity contribution in [2.24, 2.45) is 0 Å². The van der Waals surface area contributed by atoms with Gasteiger partial charge in [0, 0.05) is 25.7 Å². The third kappa shape index (κ3) is 6.78. The Balaban J connectivity index is 1.35. The molecule has 0 radical (unpaired) electrons. The van der Waals surface area contributed by atoms with Crippen molar-refractivity contribution in [3.63, 3.8) is 0 Å². The molecule has 7 nitrogen and oxygen atoms in total. The first-order chi connectivity index (χ1) is 16.2. The van der Waals surface area contributed by atoms with Crippen molar-refractivity contribution in [3.8, 4) is 0 Å². The molecule has 0 atom stereocenters. The number of hydrogen-bond donors (Lipinski definition) is 2. The number of hydrogen-bond acceptors (Lipinski definition) is 5. The Morgan fingerprint density at radius 2 is 1.82 bits per heavy atom. The highest BCUT2D eigenvalue weighted by atomic mass is 16.5. The average Bonchev–Trinajstić information content (AvgIpc) is 3.35. The van der Waals surface area contributed by atoms with Crippen LogP contribution in [0.4, 0.5) is 0 Å². The van der Waals surface area contributed by atoms with E-state index in [2.05, 4.69) is 15.5 Å². The number of amides is 2. The van der Waals surface area contributed by atoms with E-state index in [1.54, 1.807) is 18.2 Å². The van der Waals surface area contributed by atoms with Gasteiger partial charge in [-0.25, -0.2) is 0 Å². The number of rotatable bonds is 9. The Morgan fingerprint density at radius 1 is 1.00 bits per heavy atom. The Morgan fingerprint density at radius 3 is 2.61 bits per heavy atom. The van der Waals surface area contributed by atoms with Gasteiger partial charge in [-0.1, -0.05) is 42.5 Å². The normalized spacial score (nSPS) is 14.8. The summed E-state index contributed by atoms with van der Waals surface area (Å²) in [5, 5.41) is 7.87. The molecule has 1 fully saturated rings. The fourth-order valence-corrected chi connectivity index (χ4v) is 3.83. The molecule has 4 rings (SSSR count). The van der Waals surface area contributed by atoms with Crippen LogP contribution >= 0.6 is 0 Å². The van der Waals surface area contributed by atoms with Gasteiger partial charge in [-0.15, -0.1) is 0 Å². The highest BCUT2D eigenvalue weighted by molar-refractivity contribution is 6.01. The lowest BCUT2D eigenvalue weighted by atomic mass is 10.0.